The largest absolute Gasteiger partial charge is 0.356 e. The van der Waals surface area contributed by atoms with Crippen LogP contribution in [0.15, 0.2) is 41.4 Å². The lowest BCUT2D eigenvalue weighted by atomic mass is 10.1. The number of hydrogen-bond donors (Lipinski definition) is 2. The van der Waals surface area contributed by atoms with E-state index in [2.05, 4.69) is 57.8 Å². The Morgan fingerprint density at radius 2 is 1.96 bits per heavy atom. The van der Waals surface area contributed by atoms with E-state index in [1.807, 2.05) is 17.7 Å². The lowest BCUT2D eigenvalue weighted by Gasteiger charge is -2.21. The molecule has 28 heavy (non-hydrogen) atoms. The summed E-state index contributed by atoms with van der Waals surface area (Å²) in [4.78, 5) is 6.90. The van der Waals surface area contributed by atoms with Gasteiger partial charge in [-0.2, -0.15) is 0 Å². The summed E-state index contributed by atoms with van der Waals surface area (Å²) in [6.07, 6.45) is 1.19. The molecule has 2 heterocycles. The lowest BCUT2D eigenvalue weighted by molar-refractivity contribution is 0.255. The van der Waals surface area contributed by atoms with Crippen molar-refractivity contribution in [2.45, 2.75) is 32.5 Å². The molecule has 0 aliphatic carbocycles. The molecule has 1 aliphatic rings. The molecule has 5 nitrogen and oxygen atoms in total. The molecular formula is C21H29Cl2N5. The quantitative estimate of drug-likeness (QED) is 0.548. The molecule has 2 atom stereocenters. The minimum atomic E-state index is 0.555. The minimum Gasteiger partial charge on any atom is -0.356 e. The molecule has 1 aliphatic heterocycles. The van der Waals surface area contributed by atoms with Crippen LogP contribution in [0.25, 0.3) is 0 Å². The Labute approximate surface area is 177 Å². The van der Waals surface area contributed by atoms with Gasteiger partial charge in [0, 0.05) is 45.5 Å². The van der Waals surface area contributed by atoms with E-state index < -0.39 is 0 Å². The lowest BCUT2D eigenvalue weighted by Crippen LogP contribution is -2.40. The third kappa shape index (κ3) is 5.22. The third-order valence-corrected chi connectivity index (χ3v) is 6.30. The third-order valence-electron chi connectivity index (χ3n) is 5.45. The maximum absolute atomic E-state index is 6.13. The van der Waals surface area contributed by atoms with Crippen LogP contribution in [0.3, 0.4) is 0 Å². The molecule has 1 saturated heterocycles. The minimum absolute atomic E-state index is 0.555. The summed E-state index contributed by atoms with van der Waals surface area (Å²) in [6.45, 7) is 5.95. The standard InChI is InChI=1S/C21H29Cl2N5/c1-15-9-17(14-28(15)13-16-7-5-4-6-8-16)11-25-21(24-2)26-12-18-10-19(22)20(23)27(18)3/h4-8,10,15,17H,9,11-14H2,1-3H3,(H2,24,25,26). The summed E-state index contributed by atoms with van der Waals surface area (Å²) in [5.41, 5.74) is 2.39. The molecule has 152 valence electrons. The van der Waals surface area contributed by atoms with Crippen molar-refractivity contribution < 1.29 is 0 Å². The molecule has 7 heteroatoms. The van der Waals surface area contributed by atoms with Crippen LogP contribution in [0.2, 0.25) is 10.2 Å². The Bertz CT molecular complexity index is 803. The van der Waals surface area contributed by atoms with Gasteiger partial charge in [-0.05, 0) is 30.9 Å². The van der Waals surface area contributed by atoms with Gasteiger partial charge in [0.1, 0.15) is 5.15 Å². The zero-order valence-corrected chi connectivity index (χ0v) is 18.3. The van der Waals surface area contributed by atoms with E-state index in [4.69, 9.17) is 23.2 Å². The number of hydrogen-bond acceptors (Lipinski definition) is 2. The van der Waals surface area contributed by atoms with E-state index in [1.165, 1.54) is 12.0 Å². The maximum Gasteiger partial charge on any atom is 0.191 e. The predicted molar refractivity (Wildman–Crippen MR) is 118 cm³/mol. The first-order valence-corrected chi connectivity index (χ1v) is 10.5. The summed E-state index contributed by atoms with van der Waals surface area (Å²) < 4.78 is 1.88. The number of benzene rings is 1. The smallest absolute Gasteiger partial charge is 0.191 e. The van der Waals surface area contributed by atoms with Gasteiger partial charge in [0.15, 0.2) is 5.96 Å². The highest BCUT2D eigenvalue weighted by Gasteiger charge is 2.28. The number of halogens is 2. The zero-order valence-electron chi connectivity index (χ0n) is 16.8. The monoisotopic (exact) mass is 421 g/mol. The predicted octanol–water partition coefficient (Wildman–Crippen LogP) is 3.91. The van der Waals surface area contributed by atoms with Gasteiger partial charge in [-0.3, -0.25) is 9.89 Å². The van der Waals surface area contributed by atoms with Crippen LogP contribution in [-0.4, -0.2) is 41.6 Å². The van der Waals surface area contributed by atoms with Crippen molar-refractivity contribution in [3.63, 3.8) is 0 Å². The van der Waals surface area contributed by atoms with E-state index >= 15 is 0 Å². The summed E-state index contributed by atoms with van der Waals surface area (Å²) in [7, 11) is 3.70. The fraction of sp³-hybridized carbons (Fsp3) is 0.476. The normalized spacial score (nSPS) is 20.5. The summed E-state index contributed by atoms with van der Waals surface area (Å²) in [6, 6.07) is 13.2. The van der Waals surface area contributed by atoms with Crippen molar-refractivity contribution in [2.24, 2.45) is 18.0 Å². The van der Waals surface area contributed by atoms with Crippen LogP contribution >= 0.6 is 23.2 Å². The average Bonchev–Trinajstić information content (AvgIpc) is 3.16. The average molecular weight is 422 g/mol. The highest BCUT2D eigenvalue weighted by atomic mass is 35.5. The Kier molecular flexibility index (Phi) is 7.27. The van der Waals surface area contributed by atoms with E-state index in [-0.39, 0.29) is 0 Å². The van der Waals surface area contributed by atoms with Gasteiger partial charge in [-0.1, -0.05) is 53.5 Å². The number of likely N-dealkylation sites (tertiary alicyclic amines) is 1. The second-order valence-electron chi connectivity index (χ2n) is 7.51. The molecule has 1 aromatic heterocycles. The van der Waals surface area contributed by atoms with Crippen LogP contribution in [0, 0.1) is 5.92 Å². The van der Waals surface area contributed by atoms with Crippen molar-refractivity contribution in [3.05, 3.63) is 57.8 Å². The molecule has 0 spiro atoms. The Hall–Kier alpha value is -1.69. The summed E-state index contributed by atoms with van der Waals surface area (Å²) in [5, 5.41) is 7.93. The first-order valence-electron chi connectivity index (χ1n) is 9.70. The number of aliphatic imine (C=N–C) groups is 1. The van der Waals surface area contributed by atoms with E-state index in [0.717, 1.165) is 31.3 Å². The highest BCUT2D eigenvalue weighted by molar-refractivity contribution is 6.41. The van der Waals surface area contributed by atoms with Crippen molar-refractivity contribution in [1.29, 1.82) is 0 Å². The van der Waals surface area contributed by atoms with Gasteiger partial charge in [-0.15, -0.1) is 0 Å². The first-order chi connectivity index (χ1) is 13.5. The molecule has 1 aromatic carbocycles. The molecular weight excluding hydrogens is 393 g/mol. The fourth-order valence-electron chi connectivity index (χ4n) is 3.80. The van der Waals surface area contributed by atoms with Gasteiger partial charge >= 0.3 is 0 Å². The van der Waals surface area contributed by atoms with E-state index in [1.54, 1.807) is 7.05 Å². The molecule has 0 radical (unpaired) electrons. The van der Waals surface area contributed by atoms with E-state index in [0.29, 0.717) is 28.7 Å². The SMILES string of the molecule is CN=C(NCc1cc(Cl)c(Cl)n1C)NCC1CC(C)N(Cc2ccccc2)C1. The Balaban J connectivity index is 1.46. The Morgan fingerprint density at radius 3 is 2.61 bits per heavy atom. The Morgan fingerprint density at radius 1 is 1.21 bits per heavy atom. The van der Waals surface area contributed by atoms with Gasteiger partial charge in [0.05, 0.1) is 11.6 Å². The molecule has 0 amide bonds. The van der Waals surface area contributed by atoms with Crippen molar-refractivity contribution in [1.82, 2.24) is 20.1 Å². The van der Waals surface area contributed by atoms with Crippen LogP contribution < -0.4 is 10.6 Å². The van der Waals surface area contributed by atoms with Gasteiger partial charge in [-0.25, -0.2) is 0 Å². The first kappa shape index (κ1) is 21.0. The number of nitrogens with zero attached hydrogens (tertiary/aromatic N) is 3. The zero-order chi connectivity index (χ0) is 20.1. The van der Waals surface area contributed by atoms with Crippen LogP contribution in [-0.2, 0) is 20.1 Å². The molecule has 0 saturated carbocycles. The van der Waals surface area contributed by atoms with Crippen LogP contribution in [0.1, 0.15) is 24.6 Å². The topological polar surface area (TPSA) is 44.6 Å². The number of aromatic nitrogens is 1. The number of guanidine groups is 1. The van der Waals surface area contributed by atoms with Gasteiger partial charge in [0.25, 0.3) is 0 Å². The molecule has 0 bridgehead atoms. The number of nitrogens with one attached hydrogen (secondary N) is 2. The number of rotatable bonds is 6. The second-order valence-corrected chi connectivity index (χ2v) is 8.27. The van der Waals surface area contributed by atoms with Crippen LogP contribution in [0.5, 0.6) is 0 Å². The van der Waals surface area contributed by atoms with E-state index in [9.17, 15) is 0 Å². The second kappa shape index (κ2) is 9.68. The molecule has 1 fully saturated rings. The maximum atomic E-state index is 6.13. The molecule has 3 rings (SSSR count). The van der Waals surface area contributed by atoms with Crippen molar-refractivity contribution in [2.75, 3.05) is 20.1 Å². The van der Waals surface area contributed by atoms with Gasteiger partial charge in [0.2, 0.25) is 0 Å². The molecule has 2 aromatic rings. The van der Waals surface area contributed by atoms with Crippen molar-refractivity contribution >= 4 is 29.2 Å². The fourth-order valence-corrected chi connectivity index (χ4v) is 4.21. The van der Waals surface area contributed by atoms with Crippen molar-refractivity contribution in [3.8, 4) is 0 Å². The summed E-state index contributed by atoms with van der Waals surface area (Å²) >= 11 is 12.2. The highest BCUT2D eigenvalue weighted by Crippen LogP contribution is 2.25. The van der Waals surface area contributed by atoms with Crippen LogP contribution in [0.4, 0.5) is 0 Å². The summed E-state index contributed by atoms with van der Waals surface area (Å²) in [5.74, 6) is 1.40. The van der Waals surface area contributed by atoms with Gasteiger partial charge < -0.3 is 15.2 Å². The molecule has 2 unspecified atom stereocenters. The molecule has 2 N–H and O–H groups in total.